The summed E-state index contributed by atoms with van der Waals surface area (Å²) in [6.07, 6.45) is 4.17. The number of hydrogen-bond acceptors (Lipinski definition) is 4. The maximum absolute atomic E-state index is 13.0. The number of H-pyrrole nitrogens is 1. The van der Waals surface area contributed by atoms with Crippen molar-refractivity contribution in [2.24, 2.45) is 0 Å². The van der Waals surface area contributed by atoms with Gasteiger partial charge in [0.25, 0.3) is 5.91 Å². The molecule has 0 bridgehead atoms. The third-order valence-corrected chi connectivity index (χ3v) is 5.44. The second-order valence-electron chi connectivity index (χ2n) is 6.01. The van der Waals surface area contributed by atoms with E-state index in [1.54, 1.807) is 29.5 Å². The van der Waals surface area contributed by atoms with E-state index in [2.05, 4.69) is 20.5 Å². The minimum Gasteiger partial charge on any atom is -0.350 e. The first-order valence-electron chi connectivity index (χ1n) is 8.26. The largest absolute Gasteiger partial charge is 0.350 e. The molecular formula is C18H17FN4OS. The Balaban J connectivity index is 1.34. The molecule has 0 unspecified atom stereocenters. The van der Waals surface area contributed by atoms with Crippen molar-refractivity contribution in [1.29, 1.82) is 0 Å². The molecule has 128 valence electrons. The Hall–Kier alpha value is -2.54. The van der Waals surface area contributed by atoms with Gasteiger partial charge < -0.3 is 5.32 Å². The molecule has 2 heterocycles. The van der Waals surface area contributed by atoms with Gasteiger partial charge in [0.15, 0.2) is 0 Å². The van der Waals surface area contributed by atoms with Gasteiger partial charge >= 0.3 is 0 Å². The summed E-state index contributed by atoms with van der Waals surface area (Å²) in [5.41, 5.74) is 3.00. The van der Waals surface area contributed by atoms with Crippen molar-refractivity contribution in [3.8, 4) is 11.3 Å². The molecule has 2 aromatic heterocycles. The van der Waals surface area contributed by atoms with Crippen LogP contribution in [0.1, 0.15) is 32.5 Å². The average molecular weight is 356 g/mol. The first kappa shape index (κ1) is 16.0. The number of thiazole rings is 1. The number of halogens is 1. The molecule has 2 N–H and O–H groups in total. The van der Waals surface area contributed by atoms with E-state index in [0.717, 1.165) is 29.8 Å². The molecule has 1 aliphatic carbocycles. The number of nitrogens with one attached hydrogen (secondary N) is 2. The number of aryl methyl sites for hydroxylation is 2. The standard InChI is InChI=1S/C18H17FN4OS/c19-12-6-4-11(5-7-12)14-10-15(23-22-14)18(24)20-9-8-17-21-13-2-1-3-16(13)25-17/h4-7,10H,1-3,8-9H2,(H,20,24)(H,22,23). The van der Waals surface area contributed by atoms with Crippen molar-refractivity contribution in [3.05, 3.63) is 57.4 Å². The molecule has 0 radical (unpaired) electrons. The SMILES string of the molecule is O=C(NCCc1nc2c(s1)CCC2)c1cc(-c2ccc(F)cc2)n[nH]1. The number of fused-ring (bicyclic) bond motifs is 1. The maximum Gasteiger partial charge on any atom is 0.269 e. The van der Waals surface area contributed by atoms with E-state index in [0.29, 0.717) is 17.9 Å². The predicted octanol–water partition coefficient (Wildman–Crippen LogP) is 3.13. The molecule has 4 rings (SSSR count). The first-order chi connectivity index (χ1) is 12.2. The Morgan fingerprint density at radius 3 is 2.92 bits per heavy atom. The Kier molecular flexibility index (Phi) is 4.31. The molecule has 3 aromatic rings. The summed E-state index contributed by atoms with van der Waals surface area (Å²) in [6, 6.07) is 7.68. The molecule has 25 heavy (non-hydrogen) atoms. The number of amides is 1. The first-order valence-corrected chi connectivity index (χ1v) is 9.08. The van der Waals surface area contributed by atoms with Crippen LogP contribution in [0.5, 0.6) is 0 Å². The second kappa shape index (κ2) is 6.76. The van der Waals surface area contributed by atoms with Crippen molar-refractivity contribution in [1.82, 2.24) is 20.5 Å². The third kappa shape index (κ3) is 3.46. The van der Waals surface area contributed by atoms with Gasteiger partial charge in [0.2, 0.25) is 0 Å². The Morgan fingerprint density at radius 2 is 2.12 bits per heavy atom. The minimum atomic E-state index is -0.301. The van der Waals surface area contributed by atoms with E-state index in [1.807, 2.05) is 0 Å². The fraction of sp³-hybridized carbons (Fsp3) is 0.278. The summed E-state index contributed by atoms with van der Waals surface area (Å²) in [5, 5.41) is 10.8. The number of carbonyl (C=O) groups excluding carboxylic acids is 1. The molecule has 7 heteroatoms. The smallest absolute Gasteiger partial charge is 0.269 e. The van der Waals surface area contributed by atoms with Crippen molar-refractivity contribution in [2.45, 2.75) is 25.7 Å². The van der Waals surface area contributed by atoms with E-state index in [4.69, 9.17) is 0 Å². The summed E-state index contributed by atoms with van der Waals surface area (Å²) in [6.45, 7) is 0.538. The number of carbonyl (C=O) groups is 1. The van der Waals surface area contributed by atoms with Crippen LogP contribution in [-0.4, -0.2) is 27.6 Å². The van der Waals surface area contributed by atoms with Crippen molar-refractivity contribution in [3.63, 3.8) is 0 Å². The number of aromatic amines is 1. The van der Waals surface area contributed by atoms with Crippen LogP contribution in [0.25, 0.3) is 11.3 Å². The van der Waals surface area contributed by atoms with Crippen molar-refractivity contribution in [2.75, 3.05) is 6.54 Å². The van der Waals surface area contributed by atoms with Gasteiger partial charge in [-0.15, -0.1) is 11.3 Å². The fourth-order valence-electron chi connectivity index (χ4n) is 2.94. The van der Waals surface area contributed by atoms with E-state index < -0.39 is 0 Å². The monoisotopic (exact) mass is 356 g/mol. The predicted molar refractivity (Wildman–Crippen MR) is 94.2 cm³/mol. The average Bonchev–Trinajstić information content (AvgIpc) is 3.31. The highest BCUT2D eigenvalue weighted by Crippen LogP contribution is 2.27. The van der Waals surface area contributed by atoms with Crippen LogP contribution in [0.15, 0.2) is 30.3 Å². The molecule has 1 aliphatic rings. The highest BCUT2D eigenvalue weighted by molar-refractivity contribution is 7.11. The van der Waals surface area contributed by atoms with Crippen LogP contribution in [0.4, 0.5) is 4.39 Å². The number of hydrogen-bond donors (Lipinski definition) is 2. The zero-order valence-corrected chi connectivity index (χ0v) is 14.3. The second-order valence-corrected chi connectivity index (χ2v) is 7.18. The molecule has 0 aliphatic heterocycles. The van der Waals surface area contributed by atoms with Crippen LogP contribution < -0.4 is 5.32 Å². The Labute approximate surface area is 148 Å². The molecule has 0 saturated carbocycles. The topological polar surface area (TPSA) is 70.7 Å². The summed E-state index contributed by atoms with van der Waals surface area (Å²) in [7, 11) is 0. The lowest BCUT2D eigenvalue weighted by Gasteiger charge is -2.01. The number of nitrogens with zero attached hydrogens (tertiary/aromatic N) is 2. The molecular weight excluding hydrogens is 339 g/mol. The molecule has 0 fully saturated rings. The Morgan fingerprint density at radius 1 is 1.28 bits per heavy atom. The van der Waals surface area contributed by atoms with Crippen LogP contribution >= 0.6 is 11.3 Å². The highest BCUT2D eigenvalue weighted by Gasteiger charge is 2.17. The van der Waals surface area contributed by atoms with Crippen LogP contribution in [0.3, 0.4) is 0 Å². The lowest BCUT2D eigenvalue weighted by atomic mass is 10.1. The summed E-state index contributed by atoms with van der Waals surface area (Å²) >= 11 is 1.76. The maximum atomic E-state index is 13.0. The van der Waals surface area contributed by atoms with Gasteiger partial charge in [0, 0.05) is 23.4 Å². The molecule has 0 saturated heterocycles. The van der Waals surface area contributed by atoms with Crippen molar-refractivity contribution >= 4 is 17.2 Å². The lowest BCUT2D eigenvalue weighted by molar-refractivity contribution is 0.0949. The van der Waals surface area contributed by atoms with Crippen LogP contribution in [0, 0.1) is 5.82 Å². The molecule has 1 aromatic carbocycles. The number of aromatic nitrogens is 3. The van der Waals surface area contributed by atoms with Crippen LogP contribution in [-0.2, 0) is 19.3 Å². The zero-order chi connectivity index (χ0) is 17.2. The van der Waals surface area contributed by atoms with E-state index in [1.165, 1.54) is 29.1 Å². The lowest BCUT2D eigenvalue weighted by Crippen LogP contribution is -2.26. The molecule has 0 spiro atoms. The van der Waals surface area contributed by atoms with E-state index in [9.17, 15) is 9.18 Å². The highest BCUT2D eigenvalue weighted by atomic mass is 32.1. The summed E-state index contributed by atoms with van der Waals surface area (Å²) in [5.74, 6) is -0.504. The third-order valence-electron chi connectivity index (χ3n) is 4.23. The minimum absolute atomic E-state index is 0.204. The molecule has 0 atom stereocenters. The number of rotatable bonds is 5. The van der Waals surface area contributed by atoms with Gasteiger partial charge in [-0.05, 0) is 49.6 Å². The molecule has 5 nitrogen and oxygen atoms in total. The van der Waals surface area contributed by atoms with Gasteiger partial charge in [0.1, 0.15) is 11.5 Å². The van der Waals surface area contributed by atoms with Crippen molar-refractivity contribution < 1.29 is 9.18 Å². The number of benzene rings is 1. The van der Waals surface area contributed by atoms with Gasteiger partial charge in [-0.3, -0.25) is 9.89 Å². The molecule has 1 amide bonds. The van der Waals surface area contributed by atoms with Crippen LogP contribution in [0.2, 0.25) is 0 Å². The Bertz CT molecular complexity index is 879. The van der Waals surface area contributed by atoms with Gasteiger partial charge in [-0.2, -0.15) is 5.10 Å². The van der Waals surface area contributed by atoms with E-state index >= 15 is 0 Å². The van der Waals surface area contributed by atoms with Gasteiger partial charge in [-0.25, -0.2) is 9.37 Å². The van der Waals surface area contributed by atoms with Gasteiger partial charge in [-0.1, -0.05) is 0 Å². The summed E-state index contributed by atoms with van der Waals surface area (Å²) in [4.78, 5) is 18.2. The van der Waals surface area contributed by atoms with E-state index in [-0.39, 0.29) is 11.7 Å². The fourth-order valence-corrected chi connectivity index (χ4v) is 4.09. The quantitative estimate of drug-likeness (QED) is 0.738. The summed E-state index contributed by atoms with van der Waals surface area (Å²) < 4.78 is 13.0. The van der Waals surface area contributed by atoms with Gasteiger partial charge in [0.05, 0.1) is 16.4 Å². The zero-order valence-electron chi connectivity index (χ0n) is 13.5. The normalized spacial score (nSPS) is 13.0.